The van der Waals surface area contributed by atoms with E-state index in [0.717, 1.165) is 21.0 Å². The molecule has 8 nitrogen and oxygen atoms in total. The number of nitrogens with zero attached hydrogens (tertiary/aromatic N) is 2. The Labute approximate surface area is 251 Å². The first-order valence-corrected chi connectivity index (χ1v) is 16.9. The molecule has 4 rings (SSSR count). The van der Waals surface area contributed by atoms with Crippen LogP contribution in [0.1, 0.15) is 34.0 Å². The lowest BCUT2D eigenvalue weighted by atomic mass is 10.0. The van der Waals surface area contributed by atoms with E-state index >= 15 is 0 Å². The first-order valence-electron chi connectivity index (χ1n) is 12.3. The molecule has 3 aromatic rings. The third-order valence-electron chi connectivity index (χ3n) is 6.44. The van der Waals surface area contributed by atoms with E-state index in [9.17, 15) is 21.6 Å². The highest BCUT2D eigenvalue weighted by Crippen LogP contribution is 2.56. The number of hydrogen-bond donors (Lipinski definition) is 0. The van der Waals surface area contributed by atoms with E-state index in [1.165, 1.54) is 24.3 Å². The Morgan fingerprint density at radius 1 is 0.875 bits per heavy atom. The van der Waals surface area contributed by atoms with Crippen molar-refractivity contribution in [3.8, 4) is 0 Å². The minimum absolute atomic E-state index is 0.0111. The lowest BCUT2D eigenvalue weighted by Crippen LogP contribution is -2.31. The van der Waals surface area contributed by atoms with Crippen molar-refractivity contribution in [2.24, 2.45) is 4.40 Å². The predicted octanol–water partition coefficient (Wildman–Crippen LogP) is 5.55. The normalized spacial score (nSPS) is 22.0. The number of rotatable bonds is 9. The average Bonchev–Trinajstić information content (AvgIpc) is 3.56. The molecule has 3 aromatic carbocycles. The quantitative estimate of drug-likeness (QED) is 0.0720. The highest BCUT2D eigenvalue weighted by Gasteiger charge is 2.74. The molecule has 212 valence electrons. The van der Waals surface area contributed by atoms with Crippen LogP contribution in [-0.2, 0) is 24.8 Å². The fourth-order valence-electron chi connectivity index (χ4n) is 4.19. The molecule has 0 bridgehead atoms. The maximum atomic E-state index is 13.9. The Morgan fingerprint density at radius 3 is 1.80 bits per heavy atom. The van der Waals surface area contributed by atoms with E-state index in [0.29, 0.717) is 0 Å². The average molecular weight is 712 g/mol. The van der Waals surface area contributed by atoms with Gasteiger partial charge in [-0.1, -0.05) is 97.1 Å². The zero-order valence-electron chi connectivity index (χ0n) is 22.2. The molecule has 1 aliphatic rings. The molecule has 0 N–H and O–H groups in total. The third kappa shape index (κ3) is 5.82. The maximum absolute atomic E-state index is 13.9. The van der Waals surface area contributed by atoms with Crippen LogP contribution in [0.15, 0.2) is 87.0 Å². The molecule has 40 heavy (non-hydrogen) atoms. The summed E-state index contributed by atoms with van der Waals surface area (Å²) in [4.78, 5) is 12.7. The molecule has 0 aliphatic carbocycles. The molecule has 1 saturated heterocycles. The molecule has 0 saturated carbocycles. The Balaban J connectivity index is 1.81. The second-order valence-electron chi connectivity index (χ2n) is 9.48. The van der Waals surface area contributed by atoms with Crippen LogP contribution in [0.4, 0.5) is 0 Å². The van der Waals surface area contributed by atoms with Crippen molar-refractivity contribution in [3.63, 3.8) is 0 Å². The SMILES string of the molecule is CCO/C(=N\S(=O)(=O)c1ccc(C)cc1)[C@@H](Br)[C@@H]1N(S(=O)(=O)c2ccc(C)cc2)[C@@]1(Br)C(=O)c1ccc(C)cc1. The van der Waals surface area contributed by atoms with Gasteiger partial charge in [-0.3, -0.25) is 4.79 Å². The number of halogens is 2. The molecule has 1 unspecified atom stereocenters. The Morgan fingerprint density at radius 2 is 1.32 bits per heavy atom. The lowest BCUT2D eigenvalue weighted by molar-refractivity contribution is 0.0971. The van der Waals surface area contributed by atoms with Crippen molar-refractivity contribution in [1.82, 2.24) is 4.31 Å². The number of ketones is 1. The van der Waals surface area contributed by atoms with Gasteiger partial charge >= 0.3 is 0 Å². The van der Waals surface area contributed by atoms with Crippen LogP contribution < -0.4 is 0 Å². The van der Waals surface area contributed by atoms with Gasteiger partial charge in [0.15, 0.2) is 10.2 Å². The summed E-state index contributed by atoms with van der Waals surface area (Å²) in [5.74, 6) is -0.773. The first kappa shape index (κ1) is 30.6. The van der Waals surface area contributed by atoms with Crippen molar-refractivity contribution in [2.45, 2.75) is 52.8 Å². The summed E-state index contributed by atoms with van der Waals surface area (Å²) in [6, 6.07) is 18.1. The van der Waals surface area contributed by atoms with E-state index in [2.05, 4.69) is 36.3 Å². The number of ether oxygens (including phenoxy) is 1. The minimum Gasteiger partial charge on any atom is -0.480 e. The summed E-state index contributed by atoms with van der Waals surface area (Å²) in [5.41, 5.74) is 2.96. The highest BCUT2D eigenvalue weighted by atomic mass is 79.9. The van der Waals surface area contributed by atoms with Crippen molar-refractivity contribution in [3.05, 3.63) is 95.1 Å². The van der Waals surface area contributed by atoms with Crippen LogP contribution >= 0.6 is 31.9 Å². The van der Waals surface area contributed by atoms with Crippen molar-refractivity contribution >= 4 is 63.6 Å². The number of benzene rings is 3. The Hall–Kier alpha value is -2.38. The molecule has 0 radical (unpaired) electrons. The van der Waals surface area contributed by atoms with Gasteiger partial charge in [0.1, 0.15) is 4.83 Å². The van der Waals surface area contributed by atoms with Gasteiger partial charge in [-0.15, -0.1) is 4.40 Å². The zero-order valence-corrected chi connectivity index (χ0v) is 27.0. The standard InChI is InChI=1S/C28H28Br2N2O6S2/c1-5-38-27(31-39(34,35)22-14-8-19(3)9-15-22)24(29)25-28(30,26(33)21-12-6-18(2)7-13-21)32(25)40(36,37)23-16-10-20(4)11-17-23/h6-17,24-25H,5H2,1-4H3/b31-27-/t24-,25-,28+,32?/m0/s1. The number of Topliss-reactive ketones (excluding diaryl/α,β-unsaturated/α-hetero) is 1. The third-order valence-corrected chi connectivity index (χ3v) is 12.0. The smallest absolute Gasteiger partial charge is 0.285 e. The summed E-state index contributed by atoms with van der Waals surface area (Å²) in [7, 11) is -8.43. The van der Waals surface area contributed by atoms with E-state index in [1.807, 2.05) is 20.8 Å². The van der Waals surface area contributed by atoms with Crippen LogP contribution in [0, 0.1) is 20.8 Å². The van der Waals surface area contributed by atoms with E-state index in [1.54, 1.807) is 55.5 Å². The minimum atomic E-state index is -4.22. The van der Waals surface area contributed by atoms with Gasteiger partial charge < -0.3 is 4.74 Å². The van der Waals surface area contributed by atoms with E-state index < -0.39 is 41.1 Å². The van der Waals surface area contributed by atoms with Crippen molar-refractivity contribution in [2.75, 3.05) is 6.61 Å². The van der Waals surface area contributed by atoms with Gasteiger partial charge in [0, 0.05) is 5.56 Å². The number of alkyl halides is 2. The number of carbonyl (C=O) groups excluding carboxylic acids is 1. The molecule has 1 fully saturated rings. The predicted molar refractivity (Wildman–Crippen MR) is 161 cm³/mol. The molecule has 4 atom stereocenters. The molecular formula is C28H28Br2N2O6S2. The van der Waals surface area contributed by atoms with Gasteiger partial charge in [-0.25, -0.2) is 8.42 Å². The summed E-state index contributed by atoms with van der Waals surface area (Å²) in [6.07, 6.45) is 0. The van der Waals surface area contributed by atoms with Gasteiger partial charge in [-0.05, 0) is 52.0 Å². The van der Waals surface area contributed by atoms with Crippen molar-refractivity contribution in [1.29, 1.82) is 0 Å². The summed E-state index contributed by atoms with van der Waals surface area (Å²) >= 11 is 6.90. The highest BCUT2D eigenvalue weighted by molar-refractivity contribution is 9.11. The summed E-state index contributed by atoms with van der Waals surface area (Å²) in [6.45, 7) is 7.25. The monoisotopic (exact) mass is 710 g/mol. The molecular weight excluding hydrogens is 684 g/mol. The Kier molecular flexibility index (Phi) is 8.77. The van der Waals surface area contributed by atoms with Gasteiger partial charge in [0.25, 0.3) is 10.0 Å². The van der Waals surface area contributed by atoms with Gasteiger partial charge in [0.05, 0.1) is 22.4 Å². The maximum Gasteiger partial charge on any atom is 0.285 e. The largest absolute Gasteiger partial charge is 0.480 e. The van der Waals surface area contributed by atoms with Crippen molar-refractivity contribution < 1.29 is 26.4 Å². The van der Waals surface area contributed by atoms with E-state index in [4.69, 9.17) is 4.74 Å². The summed E-state index contributed by atoms with van der Waals surface area (Å²) < 4.78 is 62.9. The second kappa shape index (κ2) is 11.5. The molecule has 1 aliphatic heterocycles. The van der Waals surface area contributed by atoms with Crippen LogP contribution in [0.5, 0.6) is 0 Å². The summed E-state index contributed by atoms with van der Waals surface area (Å²) in [5, 5.41) is 0. The molecule has 0 amide bonds. The fourth-order valence-corrected chi connectivity index (χ4v) is 9.98. The second-order valence-corrected chi connectivity index (χ2v) is 15.1. The molecule has 1 heterocycles. The Bertz CT molecular complexity index is 1660. The fraction of sp³-hybridized carbons (Fsp3) is 0.286. The number of carbonyl (C=O) groups is 1. The topological polar surface area (TPSA) is 110 Å². The zero-order chi connectivity index (χ0) is 29.5. The van der Waals surface area contributed by atoms with Crippen LogP contribution in [0.25, 0.3) is 0 Å². The number of aryl methyl sites for hydroxylation is 3. The molecule has 0 aromatic heterocycles. The first-order chi connectivity index (χ1) is 18.7. The lowest BCUT2D eigenvalue weighted by Gasteiger charge is -2.14. The van der Waals surface area contributed by atoms with Gasteiger partial charge in [-0.2, -0.15) is 12.7 Å². The van der Waals surface area contributed by atoms with Crippen LogP contribution in [-0.4, -0.2) is 54.7 Å². The molecule has 0 spiro atoms. The van der Waals surface area contributed by atoms with Crippen LogP contribution in [0.3, 0.4) is 0 Å². The molecule has 12 heteroatoms. The van der Waals surface area contributed by atoms with E-state index in [-0.39, 0.29) is 27.9 Å². The van der Waals surface area contributed by atoms with Crippen LogP contribution in [0.2, 0.25) is 0 Å². The number of sulfonamides is 2. The number of hydrogen-bond acceptors (Lipinski definition) is 6. The van der Waals surface area contributed by atoms with Gasteiger partial charge in [0.2, 0.25) is 15.9 Å².